The Balaban J connectivity index is 2.11. The second-order valence-corrected chi connectivity index (χ2v) is 4.80. The third-order valence-corrected chi connectivity index (χ3v) is 3.29. The number of hydrazine groups is 1. The van der Waals surface area contributed by atoms with Crippen LogP contribution in [0.5, 0.6) is 5.75 Å². The van der Waals surface area contributed by atoms with Crippen LogP contribution in [0.1, 0.15) is 21.2 Å². The number of aromatic nitrogens is 2. The Morgan fingerprint density at radius 2 is 2.29 bits per heavy atom. The maximum absolute atomic E-state index is 11.3. The number of nitro groups is 1. The number of hydrogen-bond donors (Lipinski definition) is 2. The molecule has 0 aliphatic heterocycles. The molecule has 2 rings (SSSR count). The first-order chi connectivity index (χ1) is 10.0. The predicted octanol–water partition coefficient (Wildman–Crippen LogP) is 0.937. The first kappa shape index (κ1) is 14.8. The molecule has 0 spiro atoms. The van der Waals surface area contributed by atoms with Crippen molar-refractivity contribution in [1.29, 1.82) is 0 Å². The minimum Gasteiger partial charge on any atom is -0.479 e. The highest BCUT2D eigenvalue weighted by atomic mass is 32.1. The number of carbonyl (C=O) groups excluding carboxylic acids is 1. The van der Waals surface area contributed by atoms with Crippen LogP contribution in [0, 0.1) is 17.0 Å². The van der Waals surface area contributed by atoms with Crippen LogP contribution in [-0.2, 0) is 6.61 Å². The number of nitrogens with one attached hydrogen (secondary N) is 1. The van der Waals surface area contributed by atoms with Crippen LogP contribution in [-0.4, -0.2) is 20.8 Å². The lowest BCUT2D eigenvalue weighted by Gasteiger charge is -2.04. The molecule has 0 aliphatic carbocycles. The monoisotopic (exact) mass is 309 g/mol. The van der Waals surface area contributed by atoms with Crippen molar-refractivity contribution in [3.63, 3.8) is 0 Å². The Kier molecular flexibility index (Phi) is 4.40. The Hall–Kier alpha value is -2.59. The highest BCUT2D eigenvalue weighted by Gasteiger charge is 2.18. The fraction of sp³-hybridized carbons (Fsp3) is 0.182. The zero-order valence-electron chi connectivity index (χ0n) is 10.9. The molecule has 1 amide bonds. The number of pyridine rings is 1. The van der Waals surface area contributed by atoms with Crippen LogP contribution in [0.25, 0.3) is 0 Å². The summed E-state index contributed by atoms with van der Waals surface area (Å²) < 4.78 is 5.34. The van der Waals surface area contributed by atoms with Crippen LogP contribution in [0.15, 0.2) is 17.5 Å². The summed E-state index contributed by atoms with van der Waals surface area (Å²) in [6.07, 6.45) is 0. The van der Waals surface area contributed by atoms with Gasteiger partial charge in [0.2, 0.25) is 5.75 Å². The van der Waals surface area contributed by atoms with Crippen LogP contribution in [0.2, 0.25) is 0 Å². The molecule has 10 heteroatoms. The van der Waals surface area contributed by atoms with Gasteiger partial charge in [-0.2, -0.15) is 0 Å². The van der Waals surface area contributed by atoms with E-state index in [0.717, 1.165) is 11.3 Å². The standard InChI is InChI=1S/C11H11N5O4S/c1-6-2-3-8(9(13-6)16(18)19)20-4-7-5-21-11(14-7)10(17)15-12/h2-3,5H,4,12H2,1H3,(H,15,17). The van der Waals surface area contributed by atoms with Crippen molar-refractivity contribution >= 4 is 23.1 Å². The number of ether oxygens (including phenoxy) is 1. The fourth-order valence-corrected chi connectivity index (χ4v) is 2.17. The number of aryl methyl sites for hydroxylation is 1. The van der Waals surface area contributed by atoms with Gasteiger partial charge in [0.25, 0.3) is 5.91 Å². The summed E-state index contributed by atoms with van der Waals surface area (Å²) in [6.45, 7) is 1.63. The summed E-state index contributed by atoms with van der Waals surface area (Å²) in [6, 6.07) is 3.08. The van der Waals surface area contributed by atoms with E-state index in [0.29, 0.717) is 11.4 Å². The van der Waals surface area contributed by atoms with Gasteiger partial charge in [-0.15, -0.1) is 11.3 Å². The van der Waals surface area contributed by atoms with Crippen LogP contribution in [0.3, 0.4) is 0 Å². The van der Waals surface area contributed by atoms with E-state index in [-0.39, 0.29) is 23.2 Å². The van der Waals surface area contributed by atoms with Crippen molar-refractivity contribution in [1.82, 2.24) is 15.4 Å². The summed E-state index contributed by atoms with van der Waals surface area (Å²) >= 11 is 1.10. The van der Waals surface area contributed by atoms with Crippen molar-refractivity contribution in [3.8, 4) is 5.75 Å². The molecule has 110 valence electrons. The van der Waals surface area contributed by atoms with Gasteiger partial charge in [-0.1, -0.05) is 0 Å². The summed E-state index contributed by atoms with van der Waals surface area (Å²) in [5, 5.41) is 12.7. The largest absolute Gasteiger partial charge is 0.479 e. The van der Waals surface area contributed by atoms with Crippen molar-refractivity contribution in [2.75, 3.05) is 0 Å². The van der Waals surface area contributed by atoms with Gasteiger partial charge < -0.3 is 14.9 Å². The topological polar surface area (TPSA) is 133 Å². The van der Waals surface area contributed by atoms with Crippen molar-refractivity contribution in [2.24, 2.45) is 5.84 Å². The Morgan fingerprint density at radius 3 is 2.95 bits per heavy atom. The molecule has 3 N–H and O–H groups in total. The van der Waals surface area contributed by atoms with Gasteiger partial charge in [-0.25, -0.2) is 10.8 Å². The van der Waals surface area contributed by atoms with Gasteiger partial charge in [0.15, 0.2) is 5.01 Å². The van der Waals surface area contributed by atoms with Gasteiger partial charge in [-0.05, 0) is 22.0 Å². The molecule has 0 aromatic carbocycles. The van der Waals surface area contributed by atoms with Crippen molar-refractivity contribution < 1.29 is 14.5 Å². The third kappa shape index (κ3) is 3.49. The molecule has 2 aromatic rings. The van der Waals surface area contributed by atoms with E-state index in [1.165, 1.54) is 6.07 Å². The lowest BCUT2D eigenvalue weighted by atomic mass is 10.3. The molecule has 2 heterocycles. The molecular formula is C11H11N5O4S. The smallest absolute Gasteiger partial charge is 0.406 e. The lowest BCUT2D eigenvalue weighted by Crippen LogP contribution is -2.29. The van der Waals surface area contributed by atoms with Gasteiger partial charge >= 0.3 is 5.82 Å². The first-order valence-electron chi connectivity index (χ1n) is 5.71. The van der Waals surface area contributed by atoms with E-state index in [2.05, 4.69) is 9.97 Å². The van der Waals surface area contributed by atoms with E-state index in [1.54, 1.807) is 18.4 Å². The molecule has 2 aromatic heterocycles. The van der Waals surface area contributed by atoms with Gasteiger partial charge in [0.05, 0.1) is 5.69 Å². The molecule has 0 atom stereocenters. The molecule has 0 radical (unpaired) electrons. The number of carbonyl (C=O) groups is 1. The Morgan fingerprint density at radius 1 is 1.52 bits per heavy atom. The van der Waals surface area contributed by atoms with Crippen LogP contribution in [0.4, 0.5) is 5.82 Å². The van der Waals surface area contributed by atoms with Crippen LogP contribution >= 0.6 is 11.3 Å². The number of hydrogen-bond acceptors (Lipinski definition) is 8. The molecule has 0 unspecified atom stereocenters. The van der Waals surface area contributed by atoms with Gasteiger partial charge in [0.1, 0.15) is 12.3 Å². The van der Waals surface area contributed by atoms with Crippen LogP contribution < -0.4 is 16.0 Å². The Bertz CT molecular complexity index is 687. The highest BCUT2D eigenvalue weighted by Crippen LogP contribution is 2.25. The molecule has 0 bridgehead atoms. The molecule has 0 fully saturated rings. The number of rotatable bonds is 5. The number of nitrogen functional groups attached to an aromatic ring is 1. The average Bonchev–Trinajstić information content (AvgIpc) is 2.93. The summed E-state index contributed by atoms with van der Waals surface area (Å²) in [4.78, 5) is 29.3. The number of amides is 1. The quantitative estimate of drug-likeness (QED) is 0.363. The second kappa shape index (κ2) is 6.24. The first-order valence-corrected chi connectivity index (χ1v) is 6.59. The number of thiazole rings is 1. The maximum Gasteiger partial charge on any atom is 0.406 e. The summed E-state index contributed by atoms with van der Waals surface area (Å²) in [5.74, 6) is 4.18. The zero-order valence-corrected chi connectivity index (χ0v) is 11.7. The molecular weight excluding hydrogens is 298 g/mol. The molecule has 9 nitrogen and oxygen atoms in total. The van der Waals surface area contributed by atoms with E-state index in [9.17, 15) is 14.9 Å². The third-order valence-electron chi connectivity index (χ3n) is 2.40. The lowest BCUT2D eigenvalue weighted by molar-refractivity contribution is -0.390. The van der Waals surface area contributed by atoms with E-state index < -0.39 is 10.8 Å². The highest BCUT2D eigenvalue weighted by molar-refractivity contribution is 7.11. The summed E-state index contributed by atoms with van der Waals surface area (Å²) in [5.41, 5.74) is 2.95. The summed E-state index contributed by atoms with van der Waals surface area (Å²) in [7, 11) is 0. The second-order valence-electron chi connectivity index (χ2n) is 3.94. The molecule has 21 heavy (non-hydrogen) atoms. The van der Waals surface area contributed by atoms with E-state index in [1.807, 2.05) is 5.43 Å². The normalized spacial score (nSPS) is 10.2. The number of nitrogens with two attached hydrogens (primary N) is 1. The molecule has 0 saturated carbocycles. The number of nitrogens with zero attached hydrogens (tertiary/aromatic N) is 3. The minimum atomic E-state index is -0.614. The average molecular weight is 309 g/mol. The van der Waals surface area contributed by atoms with Gasteiger partial charge in [0, 0.05) is 12.3 Å². The fourth-order valence-electron chi connectivity index (χ4n) is 1.46. The SMILES string of the molecule is Cc1ccc(OCc2csc(C(=O)NN)n2)c([N+](=O)[O-])n1. The zero-order chi connectivity index (χ0) is 15.4. The minimum absolute atomic E-state index is 0.0140. The van der Waals surface area contributed by atoms with Crippen molar-refractivity contribution in [2.45, 2.75) is 13.5 Å². The maximum atomic E-state index is 11.3. The van der Waals surface area contributed by atoms with E-state index >= 15 is 0 Å². The molecule has 0 aliphatic rings. The van der Waals surface area contributed by atoms with E-state index in [4.69, 9.17) is 10.6 Å². The van der Waals surface area contributed by atoms with Crippen molar-refractivity contribution in [3.05, 3.63) is 44.0 Å². The Labute approximate surface area is 122 Å². The van der Waals surface area contributed by atoms with Gasteiger partial charge in [-0.3, -0.25) is 10.2 Å². The predicted molar refractivity (Wildman–Crippen MR) is 73.7 cm³/mol. The molecule has 0 saturated heterocycles.